The van der Waals surface area contributed by atoms with Crippen LogP contribution in [0.5, 0.6) is 5.75 Å². The summed E-state index contributed by atoms with van der Waals surface area (Å²) in [5.74, 6) is 1.61. The summed E-state index contributed by atoms with van der Waals surface area (Å²) in [7, 11) is 1.92. The third kappa shape index (κ3) is 7.46. The van der Waals surface area contributed by atoms with Crippen LogP contribution in [0.3, 0.4) is 0 Å². The smallest absolute Gasteiger partial charge is 0.387 e. The van der Waals surface area contributed by atoms with Crippen LogP contribution in [0.2, 0.25) is 0 Å². The van der Waals surface area contributed by atoms with Gasteiger partial charge in [-0.25, -0.2) is 14.7 Å². The molecule has 10 heteroatoms. The maximum Gasteiger partial charge on any atom is 0.387 e. The van der Waals surface area contributed by atoms with E-state index in [1.165, 1.54) is 12.1 Å². The fraction of sp³-hybridized carbons (Fsp3) is 0.286. The molecule has 7 nitrogen and oxygen atoms in total. The first kappa shape index (κ1) is 24.5. The maximum absolute atomic E-state index is 12.3. The van der Waals surface area contributed by atoms with E-state index in [4.69, 9.17) is 4.99 Å². The van der Waals surface area contributed by atoms with Crippen molar-refractivity contribution in [1.82, 2.24) is 25.0 Å². The number of hydrogen-bond donors (Lipinski definition) is 1. The normalized spacial score (nSPS) is 11.2. The molecule has 2 heterocycles. The van der Waals surface area contributed by atoms with Gasteiger partial charge in [-0.15, -0.1) is 24.0 Å². The molecule has 0 amide bonds. The predicted molar refractivity (Wildman–Crippen MR) is 126 cm³/mol. The zero-order chi connectivity index (χ0) is 21.3. The average Bonchev–Trinajstić information content (AvgIpc) is 3.27. The second-order valence-electron chi connectivity index (χ2n) is 6.52. The number of alkyl halides is 2. The van der Waals surface area contributed by atoms with E-state index >= 15 is 0 Å². The summed E-state index contributed by atoms with van der Waals surface area (Å²) in [6.07, 6.45) is 5.28. The highest BCUT2D eigenvalue weighted by Crippen LogP contribution is 2.16. The van der Waals surface area contributed by atoms with Gasteiger partial charge in [0.15, 0.2) is 11.8 Å². The Hall–Kier alpha value is -2.76. The Bertz CT molecular complexity index is 951. The highest BCUT2D eigenvalue weighted by Gasteiger charge is 2.09. The lowest BCUT2D eigenvalue weighted by molar-refractivity contribution is -0.0498. The first-order chi connectivity index (χ1) is 14.5. The summed E-state index contributed by atoms with van der Waals surface area (Å²) in [6, 6.07) is 12.3. The minimum absolute atomic E-state index is 0. The monoisotopic (exact) mass is 542 g/mol. The molecule has 0 aliphatic rings. The molecule has 31 heavy (non-hydrogen) atoms. The van der Waals surface area contributed by atoms with Crippen molar-refractivity contribution in [2.45, 2.75) is 26.6 Å². The van der Waals surface area contributed by atoms with Crippen molar-refractivity contribution in [3.8, 4) is 11.6 Å². The molecule has 0 unspecified atom stereocenters. The first-order valence-electron chi connectivity index (χ1n) is 9.53. The van der Waals surface area contributed by atoms with Crippen LogP contribution in [0.15, 0.2) is 66.0 Å². The minimum atomic E-state index is -2.83. The SMILES string of the molecule is CCNC(=NCc1ccnc(-n2cccn2)c1)N(C)Cc1ccc(OC(F)F)cc1.I. The Labute approximate surface area is 197 Å². The average molecular weight is 542 g/mol. The number of nitrogens with zero attached hydrogens (tertiary/aromatic N) is 5. The van der Waals surface area contributed by atoms with Crippen molar-refractivity contribution >= 4 is 29.9 Å². The lowest BCUT2D eigenvalue weighted by atomic mass is 10.2. The van der Waals surface area contributed by atoms with E-state index in [2.05, 4.69) is 20.1 Å². The molecule has 1 N–H and O–H groups in total. The van der Waals surface area contributed by atoms with E-state index in [1.807, 2.05) is 43.3 Å². The molecule has 0 fully saturated rings. The lowest BCUT2D eigenvalue weighted by Gasteiger charge is -2.22. The molecule has 0 spiro atoms. The lowest BCUT2D eigenvalue weighted by Crippen LogP contribution is -2.38. The summed E-state index contributed by atoms with van der Waals surface area (Å²) in [6.45, 7) is 0.940. The molecule has 3 aromatic rings. The topological polar surface area (TPSA) is 67.6 Å². The van der Waals surface area contributed by atoms with Crippen LogP contribution in [-0.2, 0) is 13.1 Å². The van der Waals surface area contributed by atoms with Crippen molar-refractivity contribution in [3.05, 3.63) is 72.2 Å². The number of rotatable bonds is 8. The second kappa shape index (κ2) is 12.2. The van der Waals surface area contributed by atoms with Gasteiger partial charge in [0.25, 0.3) is 0 Å². The molecular formula is C21H25F2IN6O. The number of halogens is 3. The van der Waals surface area contributed by atoms with Crippen LogP contribution >= 0.6 is 24.0 Å². The first-order valence-corrected chi connectivity index (χ1v) is 9.53. The van der Waals surface area contributed by atoms with Crippen LogP contribution in [0.25, 0.3) is 5.82 Å². The summed E-state index contributed by atoms with van der Waals surface area (Å²) < 4.78 is 30.7. The van der Waals surface area contributed by atoms with Crippen molar-refractivity contribution in [1.29, 1.82) is 0 Å². The summed E-state index contributed by atoms with van der Waals surface area (Å²) in [4.78, 5) is 11.0. The minimum Gasteiger partial charge on any atom is -0.435 e. The molecule has 0 aliphatic carbocycles. The molecule has 0 atom stereocenters. The molecule has 2 aromatic heterocycles. The van der Waals surface area contributed by atoms with Crippen molar-refractivity contribution in [2.24, 2.45) is 4.99 Å². The molecule has 0 bridgehead atoms. The van der Waals surface area contributed by atoms with E-state index in [-0.39, 0.29) is 29.7 Å². The van der Waals surface area contributed by atoms with Gasteiger partial charge in [0.2, 0.25) is 0 Å². The van der Waals surface area contributed by atoms with Gasteiger partial charge < -0.3 is 15.0 Å². The summed E-state index contributed by atoms with van der Waals surface area (Å²) in [5, 5.41) is 7.47. The highest BCUT2D eigenvalue weighted by atomic mass is 127. The quantitative estimate of drug-likeness (QED) is 0.264. The van der Waals surface area contributed by atoms with E-state index in [1.54, 1.807) is 29.2 Å². The van der Waals surface area contributed by atoms with Crippen LogP contribution < -0.4 is 10.1 Å². The predicted octanol–water partition coefficient (Wildman–Crippen LogP) is 4.08. The molecule has 3 rings (SSSR count). The van der Waals surface area contributed by atoms with Crippen molar-refractivity contribution < 1.29 is 13.5 Å². The van der Waals surface area contributed by atoms with Crippen molar-refractivity contribution in [3.63, 3.8) is 0 Å². The summed E-state index contributed by atoms with van der Waals surface area (Å²) in [5.41, 5.74) is 1.96. The number of hydrogen-bond acceptors (Lipinski definition) is 4. The number of pyridine rings is 1. The van der Waals surface area contributed by atoms with Crippen LogP contribution in [-0.4, -0.2) is 45.8 Å². The number of aliphatic imine (C=N–C) groups is 1. The van der Waals surface area contributed by atoms with E-state index in [9.17, 15) is 8.78 Å². The van der Waals surface area contributed by atoms with Crippen LogP contribution in [0.4, 0.5) is 8.78 Å². The Morgan fingerprint density at radius 2 is 1.97 bits per heavy atom. The van der Waals surface area contributed by atoms with Crippen LogP contribution in [0.1, 0.15) is 18.1 Å². The standard InChI is InChI=1S/C21H24F2N6O.HI/c1-3-24-21(28(2)15-16-5-7-18(8-6-16)30-20(22)23)26-14-17-9-11-25-19(13-17)29-12-4-10-27-29;/h4-13,20H,3,14-15H2,1-2H3,(H,24,26);1H. The fourth-order valence-electron chi connectivity index (χ4n) is 2.85. The van der Waals surface area contributed by atoms with Gasteiger partial charge in [0.05, 0.1) is 6.54 Å². The highest BCUT2D eigenvalue weighted by molar-refractivity contribution is 14.0. The van der Waals surface area contributed by atoms with E-state index < -0.39 is 6.61 Å². The number of benzene rings is 1. The third-order valence-electron chi connectivity index (χ3n) is 4.23. The van der Waals surface area contributed by atoms with Crippen LogP contribution in [0, 0.1) is 0 Å². The zero-order valence-electron chi connectivity index (χ0n) is 17.3. The Kier molecular flexibility index (Phi) is 9.63. The Balaban J connectivity index is 0.00000341. The second-order valence-corrected chi connectivity index (χ2v) is 6.52. The van der Waals surface area contributed by atoms with Gasteiger partial charge >= 0.3 is 6.61 Å². The molecule has 0 aliphatic heterocycles. The molecule has 0 saturated carbocycles. The Morgan fingerprint density at radius 1 is 1.19 bits per heavy atom. The molecule has 0 radical (unpaired) electrons. The van der Waals surface area contributed by atoms with Gasteiger partial charge in [-0.1, -0.05) is 12.1 Å². The van der Waals surface area contributed by atoms with Gasteiger partial charge in [0.1, 0.15) is 5.75 Å². The third-order valence-corrected chi connectivity index (χ3v) is 4.23. The number of ether oxygens (including phenoxy) is 1. The Morgan fingerprint density at radius 3 is 2.61 bits per heavy atom. The van der Waals surface area contributed by atoms with Gasteiger partial charge in [-0.05, 0) is 48.4 Å². The maximum atomic E-state index is 12.3. The van der Waals surface area contributed by atoms with Gasteiger partial charge in [-0.3, -0.25) is 0 Å². The van der Waals surface area contributed by atoms with Crippen molar-refractivity contribution in [2.75, 3.05) is 13.6 Å². The molecule has 166 valence electrons. The number of guanidine groups is 1. The number of aromatic nitrogens is 3. The fourth-order valence-corrected chi connectivity index (χ4v) is 2.85. The van der Waals surface area contributed by atoms with E-state index in [0.717, 1.165) is 29.4 Å². The molecule has 1 aromatic carbocycles. The largest absolute Gasteiger partial charge is 0.435 e. The van der Waals surface area contributed by atoms with Gasteiger partial charge in [-0.2, -0.15) is 13.9 Å². The number of nitrogens with one attached hydrogen (secondary N) is 1. The molecular weight excluding hydrogens is 517 g/mol. The van der Waals surface area contributed by atoms with E-state index in [0.29, 0.717) is 13.1 Å². The van der Waals surface area contributed by atoms with Gasteiger partial charge in [0, 0.05) is 38.7 Å². The zero-order valence-corrected chi connectivity index (χ0v) is 19.6. The summed E-state index contributed by atoms with van der Waals surface area (Å²) >= 11 is 0. The molecule has 0 saturated heterocycles.